The van der Waals surface area contributed by atoms with Gasteiger partial charge in [0.15, 0.2) is 0 Å². The van der Waals surface area contributed by atoms with Gasteiger partial charge in [0.1, 0.15) is 0 Å². The first kappa shape index (κ1) is 12.6. The van der Waals surface area contributed by atoms with Gasteiger partial charge in [-0.3, -0.25) is 0 Å². The van der Waals surface area contributed by atoms with E-state index in [1.165, 1.54) is 19.0 Å². The van der Waals surface area contributed by atoms with Gasteiger partial charge in [-0.25, -0.2) is 13.1 Å². The van der Waals surface area contributed by atoms with Crippen LogP contribution in [0, 0.1) is 12.3 Å². The molecule has 94 valence electrons. The highest BCUT2D eigenvalue weighted by molar-refractivity contribution is 7.89. The van der Waals surface area contributed by atoms with Crippen LogP contribution in [0.2, 0.25) is 0 Å². The van der Waals surface area contributed by atoms with Crippen molar-refractivity contribution in [1.29, 1.82) is 0 Å². The molecule has 0 amide bonds. The highest BCUT2D eigenvalue weighted by Crippen LogP contribution is 2.59. The molecular weight excluding hydrogens is 234 g/mol. The molecule has 1 aliphatic rings. The number of hydrogen-bond acceptors (Lipinski definition) is 2. The zero-order chi connectivity index (χ0) is 12.8. The number of hydrogen-bond donors (Lipinski definition) is 1. The second kappa shape index (κ2) is 3.82. The molecular formula is C13H19NO2S. The fraction of sp³-hybridized carbons (Fsp3) is 0.538. The smallest absolute Gasteiger partial charge is 0.214 e. The average Bonchev–Trinajstić information content (AvgIpc) is 2.87. The van der Waals surface area contributed by atoms with E-state index < -0.39 is 10.0 Å². The third kappa shape index (κ3) is 2.24. The van der Waals surface area contributed by atoms with E-state index in [0.29, 0.717) is 16.2 Å². The van der Waals surface area contributed by atoms with Gasteiger partial charge in [-0.2, -0.15) is 0 Å². The lowest BCUT2D eigenvalue weighted by Gasteiger charge is -2.10. The Labute approximate surface area is 103 Å². The van der Waals surface area contributed by atoms with Crippen LogP contribution in [0.25, 0.3) is 0 Å². The van der Waals surface area contributed by atoms with Crippen LogP contribution >= 0.6 is 0 Å². The Balaban J connectivity index is 2.37. The Morgan fingerprint density at radius 3 is 2.35 bits per heavy atom. The standard InChI is InChI=1S/C13H19NO2S/c1-9-7-10(17(15,16)14-4)5-6-11(9)12-8-13(12,2)3/h5-7,12,14H,8H2,1-4H3. The molecule has 2 rings (SSSR count). The lowest BCUT2D eigenvalue weighted by atomic mass is 9.99. The number of sulfonamides is 1. The fourth-order valence-electron chi connectivity index (χ4n) is 2.32. The second-order valence-electron chi connectivity index (χ2n) is 5.47. The van der Waals surface area contributed by atoms with Gasteiger partial charge in [0.05, 0.1) is 4.90 Å². The first-order valence-corrected chi connectivity index (χ1v) is 7.30. The van der Waals surface area contributed by atoms with Crippen molar-refractivity contribution in [2.24, 2.45) is 5.41 Å². The predicted octanol–water partition coefficient (Wildman–Crippen LogP) is 2.42. The van der Waals surface area contributed by atoms with Crippen LogP contribution in [0.5, 0.6) is 0 Å². The van der Waals surface area contributed by atoms with Crippen molar-refractivity contribution in [1.82, 2.24) is 4.72 Å². The second-order valence-corrected chi connectivity index (χ2v) is 7.36. The molecule has 0 aliphatic heterocycles. The zero-order valence-electron chi connectivity index (χ0n) is 10.7. The van der Waals surface area contributed by atoms with E-state index in [9.17, 15) is 8.42 Å². The highest BCUT2D eigenvalue weighted by atomic mass is 32.2. The van der Waals surface area contributed by atoms with Crippen LogP contribution < -0.4 is 4.72 Å². The summed E-state index contributed by atoms with van der Waals surface area (Å²) in [5, 5.41) is 0. The molecule has 0 aromatic heterocycles. The molecule has 1 aromatic carbocycles. The van der Waals surface area contributed by atoms with Crippen molar-refractivity contribution in [3.05, 3.63) is 29.3 Å². The fourth-order valence-corrected chi connectivity index (χ4v) is 3.14. The van der Waals surface area contributed by atoms with E-state index >= 15 is 0 Å². The van der Waals surface area contributed by atoms with Crippen LogP contribution in [0.15, 0.2) is 23.1 Å². The van der Waals surface area contributed by atoms with Crippen molar-refractivity contribution in [3.8, 4) is 0 Å². The quantitative estimate of drug-likeness (QED) is 0.899. The summed E-state index contributed by atoms with van der Waals surface area (Å²) in [6.45, 7) is 6.48. The minimum Gasteiger partial charge on any atom is -0.214 e. The van der Waals surface area contributed by atoms with E-state index in [1.807, 2.05) is 13.0 Å². The van der Waals surface area contributed by atoms with Gasteiger partial charge in [-0.15, -0.1) is 0 Å². The normalized spacial score (nSPS) is 22.5. The topological polar surface area (TPSA) is 46.2 Å². The molecule has 1 aromatic rings. The van der Waals surface area contributed by atoms with Crippen LogP contribution in [-0.4, -0.2) is 15.5 Å². The Morgan fingerprint density at radius 1 is 1.35 bits per heavy atom. The Hall–Kier alpha value is -0.870. The third-order valence-corrected chi connectivity index (χ3v) is 5.12. The molecule has 1 saturated carbocycles. The number of rotatable bonds is 3. The van der Waals surface area contributed by atoms with Crippen LogP contribution in [0.1, 0.15) is 37.3 Å². The van der Waals surface area contributed by atoms with E-state index in [2.05, 4.69) is 18.6 Å². The summed E-state index contributed by atoms with van der Waals surface area (Å²) in [4.78, 5) is 0.347. The highest BCUT2D eigenvalue weighted by Gasteiger charge is 2.46. The van der Waals surface area contributed by atoms with E-state index in [-0.39, 0.29) is 0 Å². The van der Waals surface area contributed by atoms with E-state index in [1.54, 1.807) is 12.1 Å². The summed E-state index contributed by atoms with van der Waals surface area (Å²) in [5.74, 6) is 0.578. The Morgan fingerprint density at radius 2 is 1.94 bits per heavy atom. The Bertz CT molecular complexity index is 547. The molecule has 17 heavy (non-hydrogen) atoms. The summed E-state index contributed by atoms with van der Waals surface area (Å²) in [6.07, 6.45) is 1.19. The largest absolute Gasteiger partial charge is 0.240 e. The van der Waals surface area contributed by atoms with Crippen LogP contribution in [-0.2, 0) is 10.0 Å². The number of nitrogens with one attached hydrogen (secondary N) is 1. The Kier molecular flexibility index (Phi) is 2.83. The molecule has 0 bridgehead atoms. The molecule has 3 nitrogen and oxygen atoms in total. The molecule has 1 fully saturated rings. The van der Waals surface area contributed by atoms with E-state index in [0.717, 1.165) is 5.56 Å². The molecule has 0 saturated heterocycles. The summed E-state index contributed by atoms with van der Waals surface area (Å²) in [6, 6.07) is 5.41. The van der Waals surface area contributed by atoms with Gasteiger partial charge >= 0.3 is 0 Å². The van der Waals surface area contributed by atoms with E-state index in [4.69, 9.17) is 0 Å². The van der Waals surface area contributed by atoms with Gasteiger partial charge in [0.2, 0.25) is 10.0 Å². The van der Waals surface area contributed by atoms with Crippen LogP contribution in [0.3, 0.4) is 0 Å². The van der Waals surface area contributed by atoms with Crippen molar-refractivity contribution in [3.63, 3.8) is 0 Å². The van der Waals surface area contributed by atoms with Gasteiger partial charge in [-0.05, 0) is 55.0 Å². The van der Waals surface area contributed by atoms with Gasteiger partial charge in [0.25, 0.3) is 0 Å². The minimum atomic E-state index is -3.32. The van der Waals surface area contributed by atoms with Gasteiger partial charge in [0, 0.05) is 0 Å². The maximum Gasteiger partial charge on any atom is 0.240 e. The molecule has 4 heteroatoms. The minimum absolute atomic E-state index is 0.347. The summed E-state index contributed by atoms with van der Waals surface area (Å²) in [7, 11) is -1.89. The molecule has 1 atom stereocenters. The van der Waals surface area contributed by atoms with Crippen molar-refractivity contribution in [2.75, 3.05) is 7.05 Å². The monoisotopic (exact) mass is 253 g/mol. The summed E-state index contributed by atoms with van der Waals surface area (Å²) < 4.78 is 25.7. The molecule has 1 N–H and O–H groups in total. The molecule has 0 heterocycles. The van der Waals surface area contributed by atoms with Crippen molar-refractivity contribution in [2.45, 2.75) is 38.0 Å². The van der Waals surface area contributed by atoms with Gasteiger partial charge in [-0.1, -0.05) is 19.9 Å². The first-order chi connectivity index (χ1) is 7.78. The lowest BCUT2D eigenvalue weighted by Crippen LogP contribution is -2.18. The number of aryl methyl sites for hydroxylation is 1. The first-order valence-electron chi connectivity index (χ1n) is 5.82. The molecule has 0 radical (unpaired) electrons. The van der Waals surface area contributed by atoms with Crippen molar-refractivity contribution >= 4 is 10.0 Å². The average molecular weight is 253 g/mol. The SMILES string of the molecule is CNS(=O)(=O)c1ccc(C2CC2(C)C)c(C)c1. The predicted molar refractivity (Wildman–Crippen MR) is 68.6 cm³/mol. The lowest BCUT2D eigenvalue weighted by molar-refractivity contribution is 0.588. The maximum atomic E-state index is 11.7. The molecule has 1 aliphatic carbocycles. The molecule has 0 spiro atoms. The summed E-state index contributed by atoms with van der Waals surface area (Å²) in [5.41, 5.74) is 2.72. The number of benzene rings is 1. The van der Waals surface area contributed by atoms with Gasteiger partial charge < -0.3 is 0 Å². The van der Waals surface area contributed by atoms with Crippen molar-refractivity contribution < 1.29 is 8.42 Å². The zero-order valence-corrected chi connectivity index (χ0v) is 11.6. The third-order valence-electron chi connectivity index (χ3n) is 3.71. The summed E-state index contributed by atoms with van der Waals surface area (Å²) >= 11 is 0. The maximum absolute atomic E-state index is 11.7. The van der Waals surface area contributed by atoms with Crippen LogP contribution in [0.4, 0.5) is 0 Å². The molecule has 1 unspecified atom stereocenters.